The van der Waals surface area contributed by atoms with Crippen LogP contribution in [-0.2, 0) is 6.42 Å². The number of ketones is 1. The molecule has 1 N–H and O–H groups in total. The Bertz CT molecular complexity index is 1670. The van der Waals surface area contributed by atoms with E-state index in [-0.39, 0.29) is 53.5 Å². The monoisotopic (exact) mass is 548 g/mol. The minimum absolute atomic E-state index is 0.0815. The summed E-state index contributed by atoms with van der Waals surface area (Å²) in [6, 6.07) is 13.7. The van der Waals surface area contributed by atoms with Crippen LogP contribution in [0.3, 0.4) is 0 Å². The topological polar surface area (TPSA) is 89.6 Å². The fourth-order valence-corrected chi connectivity index (χ4v) is 6.89. The van der Waals surface area contributed by atoms with Crippen LogP contribution in [0.25, 0.3) is 27.4 Å². The van der Waals surface area contributed by atoms with E-state index in [2.05, 4.69) is 25.9 Å². The summed E-state index contributed by atoms with van der Waals surface area (Å²) in [5.74, 6) is 0.780. The smallest absolute Gasteiger partial charge is 0.197 e. The lowest BCUT2D eigenvalue weighted by Crippen LogP contribution is -2.25. The van der Waals surface area contributed by atoms with Crippen LogP contribution < -0.4 is 4.74 Å². The van der Waals surface area contributed by atoms with Crippen molar-refractivity contribution in [2.45, 2.75) is 31.6 Å². The number of halogens is 1. The second-order valence-corrected chi connectivity index (χ2v) is 10.8. The molecule has 2 aliphatic rings. The first-order chi connectivity index (χ1) is 20.0. The Labute approximate surface area is 237 Å². The molecule has 0 radical (unpaired) electrons. The van der Waals surface area contributed by atoms with Crippen LogP contribution >= 0.6 is 0 Å². The van der Waals surface area contributed by atoms with E-state index in [1.165, 1.54) is 19.4 Å². The van der Waals surface area contributed by atoms with Gasteiger partial charge in [-0.1, -0.05) is 24.3 Å². The number of benzene rings is 2. The van der Waals surface area contributed by atoms with Crippen molar-refractivity contribution in [3.63, 3.8) is 0 Å². The van der Waals surface area contributed by atoms with E-state index in [1.807, 2.05) is 12.1 Å². The Morgan fingerprint density at radius 3 is 2.80 bits per heavy atom. The Kier molecular flexibility index (Phi) is 7.29. The first-order valence-electron chi connectivity index (χ1n) is 13.8. The number of rotatable bonds is 8. The van der Waals surface area contributed by atoms with Gasteiger partial charge in [0.2, 0.25) is 0 Å². The molecular formula is C33H29FN4O3. The second kappa shape index (κ2) is 11.2. The normalized spacial score (nSPS) is 21.0. The molecule has 0 saturated heterocycles. The average Bonchev–Trinajstić information content (AvgIpc) is 3.63. The maximum atomic E-state index is 14.7. The predicted octanol–water partition coefficient (Wildman–Crippen LogP) is 6.45. The Morgan fingerprint density at radius 2 is 2.00 bits per heavy atom. The van der Waals surface area contributed by atoms with Crippen LogP contribution in [0.15, 0.2) is 67.1 Å². The lowest BCUT2D eigenvalue weighted by molar-refractivity contribution is 0.0987. The van der Waals surface area contributed by atoms with Crippen LogP contribution in [0.2, 0.25) is 0 Å². The van der Waals surface area contributed by atoms with Crippen molar-refractivity contribution in [2.24, 2.45) is 17.8 Å². The van der Waals surface area contributed by atoms with Gasteiger partial charge in [-0.05, 0) is 83.9 Å². The van der Waals surface area contributed by atoms with Crippen molar-refractivity contribution in [3.05, 3.63) is 101 Å². The van der Waals surface area contributed by atoms with Crippen LogP contribution in [0, 0.1) is 30.1 Å². The summed E-state index contributed by atoms with van der Waals surface area (Å²) in [6.07, 6.45) is 8.15. The highest BCUT2D eigenvalue weighted by Gasteiger charge is 2.48. The molecule has 2 aromatic heterocycles. The van der Waals surface area contributed by atoms with Crippen molar-refractivity contribution in [2.75, 3.05) is 13.7 Å². The highest BCUT2D eigenvalue weighted by Crippen LogP contribution is 2.57. The van der Waals surface area contributed by atoms with Crippen LogP contribution in [-0.4, -0.2) is 39.6 Å². The maximum Gasteiger partial charge on any atom is 0.197 e. The molecule has 2 fully saturated rings. The van der Waals surface area contributed by atoms with Gasteiger partial charge in [0.15, 0.2) is 17.3 Å². The van der Waals surface area contributed by atoms with Gasteiger partial charge >= 0.3 is 0 Å². The molecule has 0 aliphatic heterocycles. The summed E-state index contributed by atoms with van der Waals surface area (Å²) in [5.41, 5.74) is 4.31. The molecule has 2 heterocycles. The molecule has 41 heavy (non-hydrogen) atoms. The van der Waals surface area contributed by atoms with Gasteiger partial charge in [-0.3, -0.25) is 9.78 Å². The van der Waals surface area contributed by atoms with E-state index in [1.54, 1.807) is 36.7 Å². The minimum Gasteiger partial charge on any atom is -0.496 e. The third-order valence-corrected chi connectivity index (χ3v) is 8.74. The SMILES string of the molecule is [C-]#[N+]c1ccncc1-c1ccc(CC(=O)c2ccnc(-c3c(F)cccc3OC)n2)c(C2[C@@H]3CC[C@@H](C3)[C@@H]2CO)c1. The Balaban J connectivity index is 1.39. The number of carbonyl (C=O) groups excluding carboxylic acids is 1. The van der Waals surface area contributed by atoms with Gasteiger partial charge in [0.25, 0.3) is 0 Å². The highest BCUT2D eigenvalue weighted by atomic mass is 19.1. The molecule has 8 heteroatoms. The summed E-state index contributed by atoms with van der Waals surface area (Å²) in [5, 5.41) is 10.4. The number of ether oxygens (including phenoxy) is 1. The van der Waals surface area contributed by atoms with Crippen molar-refractivity contribution in [1.29, 1.82) is 0 Å². The molecule has 7 nitrogen and oxygen atoms in total. The molecule has 0 spiro atoms. The number of methoxy groups -OCH3 is 1. The molecule has 2 bridgehead atoms. The van der Waals surface area contributed by atoms with Crippen LogP contribution in [0.1, 0.15) is 46.8 Å². The van der Waals surface area contributed by atoms with E-state index in [4.69, 9.17) is 11.3 Å². The summed E-state index contributed by atoms with van der Waals surface area (Å²) in [7, 11) is 1.44. The summed E-state index contributed by atoms with van der Waals surface area (Å²) in [6.45, 7) is 7.71. The van der Waals surface area contributed by atoms with E-state index < -0.39 is 5.82 Å². The molecule has 206 valence electrons. The Morgan fingerprint density at radius 1 is 1.15 bits per heavy atom. The largest absolute Gasteiger partial charge is 0.496 e. The summed E-state index contributed by atoms with van der Waals surface area (Å²) < 4.78 is 20.0. The maximum absolute atomic E-state index is 14.7. The van der Waals surface area contributed by atoms with Gasteiger partial charge in [-0.2, -0.15) is 0 Å². The Hall–Kier alpha value is -4.48. The van der Waals surface area contributed by atoms with Gasteiger partial charge in [0.1, 0.15) is 17.3 Å². The number of aromatic nitrogens is 3. The number of aliphatic hydroxyl groups is 1. The number of carbonyl (C=O) groups is 1. The fourth-order valence-electron chi connectivity index (χ4n) is 6.89. The van der Waals surface area contributed by atoms with E-state index in [0.717, 1.165) is 41.5 Å². The van der Waals surface area contributed by atoms with Gasteiger partial charge in [-0.15, -0.1) is 0 Å². The quantitative estimate of drug-likeness (QED) is 0.201. The number of nitrogens with zero attached hydrogens (tertiary/aromatic N) is 4. The average molecular weight is 549 g/mol. The zero-order chi connectivity index (χ0) is 28.5. The number of Topliss-reactive ketones (excluding diaryl/α,β-unsaturated/α-hetero) is 1. The van der Waals surface area contributed by atoms with Crippen LogP contribution in [0.4, 0.5) is 10.1 Å². The van der Waals surface area contributed by atoms with Crippen molar-refractivity contribution in [3.8, 4) is 28.3 Å². The predicted molar refractivity (Wildman–Crippen MR) is 152 cm³/mol. The lowest BCUT2D eigenvalue weighted by Gasteiger charge is -2.32. The highest BCUT2D eigenvalue weighted by molar-refractivity contribution is 5.96. The van der Waals surface area contributed by atoms with E-state index in [9.17, 15) is 14.3 Å². The number of hydrogen-bond acceptors (Lipinski definition) is 6. The molecule has 2 saturated carbocycles. The second-order valence-electron chi connectivity index (χ2n) is 10.8. The van der Waals surface area contributed by atoms with E-state index >= 15 is 0 Å². The van der Waals surface area contributed by atoms with E-state index in [0.29, 0.717) is 17.5 Å². The number of pyridine rings is 1. The van der Waals surface area contributed by atoms with Crippen molar-refractivity contribution >= 4 is 11.5 Å². The molecule has 2 aliphatic carbocycles. The summed E-state index contributed by atoms with van der Waals surface area (Å²) >= 11 is 0. The molecule has 2 aromatic carbocycles. The number of fused-ring (bicyclic) bond motifs is 2. The third kappa shape index (κ3) is 4.87. The van der Waals surface area contributed by atoms with Gasteiger partial charge in [0, 0.05) is 37.2 Å². The zero-order valence-corrected chi connectivity index (χ0v) is 22.6. The molecule has 6 rings (SSSR count). The van der Waals surface area contributed by atoms with Gasteiger partial charge in [0.05, 0.1) is 19.2 Å². The molecular weight excluding hydrogens is 519 g/mol. The first-order valence-corrected chi connectivity index (χ1v) is 13.8. The molecule has 4 atom stereocenters. The van der Waals surface area contributed by atoms with Crippen LogP contribution in [0.5, 0.6) is 5.75 Å². The zero-order valence-electron chi connectivity index (χ0n) is 22.6. The van der Waals surface area contributed by atoms with Crippen molar-refractivity contribution in [1.82, 2.24) is 15.0 Å². The number of aliphatic hydroxyl groups excluding tert-OH is 1. The van der Waals surface area contributed by atoms with Gasteiger partial charge in [-0.25, -0.2) is 19.2 Å². The number of hydrogen-bond donors (Lipinski definition) is 1. The molecule has 4 aromatic rings. The summed E-state index contributed by atoms with van der Waals surface area (Å²) in [4.78, 5) is 30.2. The third-order valence-electron chi connectivity index (χ3n) is 8.74. The molecule has 1 unspecified atom stereocenters. The lowest BCUT2D eigenvalue weighted by atomic mass is 9.73. The fraction of sp³-hybridized carbons (Fsp3) is 0.303. The first kappa shape index (κ1) is 26.7. The standard InChI is InChI=1S/C33H29FN4O3/c1-35-27-10-12-36-17-24(27)20-6-7-21(23(15-20)31-22-9-8-19(14-22)25(31)18-39)16-29(40)28-11-13-37-33(38-28)32-26(34)4-3-5-30(32)41-2/h3-7,10-13,15,17,19,22,25,31,39H,8-9,14,16,18H2,2H3/t19-,22+,25-,31?/m0/s1. The molecule has 0 amide bonds. The van der Waals surface area contributed by atoms with Gasteiger partial charge < -0.3 is 9.84 Å². The van der Waals surface area contributed by atoms with Crippen molar-refractivity contribution < 1.29 is 19.0 Å². The minimum atomic E-state index is -0.535.